The van der Waals surface area contributed by atoms with Crippen LogP contribution in [0.1, 0.15) is 25.5 Å². The molecule has 2 N–H and O–H groups in total. The lowest BCUT2D eigenvalue weighted by Gasteiger charge is -2.22. The van der Waals surface area contributed by atoms with E-state index in [1.807, 2.05) is 38.1 Å². The number of ether oxygens (including phenoxy) is 2. The van der Waals surface area contributed by atoms with Crippen LogP contribution in [0.3, 0.4) is 0 Å². The molecule has 3 atom stereocenters. The summed E-state index contributed by atoms with van der Waals surface area (Å²) in [5.41, 5.74) is 0.979. The van der Waals surface area contributed by atoms with Crippen molar-refractivity contribution in [2.45, 2.75) is 25.9 Å². The van der Waals surface area contributed by atoms with Crippen LogP contribution in [0.4, 0.5) is 0 Å². The van der Waals surface area contributed by atoms with E-state index < -0.39 is 0 Å². The van der Waals surface area contributed by atoms with Crippen molar-refractivity contribution in [2.75, 3.05) is 26.9 Å². The van der Waals surface area contributed by atoms with Crippen LogP contribution in [0, 0.1) is 5.92 Å². The van der Waals surface area contributed by atoms with Crippen LogP contribution in [-0.2, 0) is 9.53 Å². The van der Waals surface area contributed by atoms with E-state index in [9.17, 15) is 4.79 Å². The molecule has 0 bridgehead atoms. The van der Waals surface area contributed by atoms with E-state index in [-0.39, 0.29) is 23.9 Å². The number of carbonyl (C=O) groups excluding carboxylic acids is 1. The molecule has 3 unspecified atom stereocenters. The van der Waals surface area contributed by atoms with Crippen molar-refractivity contribution in [3.8, 4) is 5.75 Å². The third kappa shape index (κ3) is 3.74. The summed E-state index contributed by atoms with van der Waals surface area (Å²) in [4.78, 5) is 12.4. The van der Waals surface area contributed by atoms with E-state index >= 15 is 0 Å². The van der Waals surface area contributed by atoms with Gasteiger partial charge in [-0.3, -0.25) is 4.79 Å². The first kappa shape index (κ1) is 15.8. The maximum Gasteiger partial charge on any atom is 0.227 e. The molecule has 2 rings (SSSR count). The summed E-state index contributed by atoms with van der Waals surface area (Å²) in [6.45, 7) is 5.90. The second-order valence-corrected chi connectivity index (χ2v) is 5.28. The first-order chi connectivity index (χ1) is 10.2. The summed E-state index contributed by atoms with van der Waals surface area (Å²) < 4.78 is 10.8. The normalized spacial score (nSPS) is 22.8. The molecule has 5 nitrogen and oxygen atoms in total. The van der Waals surface area contributed by atoms with E-state index in [0.29, 0.717) is 13.2 Å². The molecule has 1 saturated heterocycles. The third-order valence-corrected chi connectivity index (χ3v) is 3.85. The summed E-state index contributed by atoms with van der Waals surface area (Å²) >= 11 is 0. The van der Waals surface area contributed by atoms with E-state index in [2.05, 4.69) is 10.6 Å². The van der Waals surface area contributed by atoms with Crippen molar-refractivity contribution in [1.82, 2.24) is 10.6 Å². The lowest BCUT2D eigenvalue weighted by molar-refractivity contribution is -0.126. The fourth-order valence-corrected chi connectivity index (χ4v) is 2.70. The van der Waals surface area contributed by atoms with E-state index in [1.54, 1.807) is 7.11 Å². The van der Waals surface area contributed by atoms with Gasteiger partial charge in [0, 0.05) is 11.6 Å². The number of hydrogen-bond acceptors (Lipinski definition) is 4. The number of likely N-dealkylation sites (N-methyl/N-ethyl adjacent to an activating group) is 1. The average molecular weight is 292 g/mol. The molecule has 0 spiro atoms. The average Bonchev–Trinajstić information content (AvgIpc) is 2.96. The molecule has 1 aliphatic heterocycles. The molecule has 0 saturated carbocycles. The Bertz CT molecular complexity index is 478. The fraction of sp³-hybridized carbons (Fsp3) is 0.562. The van der Waals surface area contributed by atoms with Gasteiger partial charge in [0.25, 0.3) is 0 Å². The first-order valence-electron chi connectivity index (χ1n) is 7.41. The van der Waals surface area contributed by atoms with Gasteiger partial charge in [0.1, 0.15) is 5.75 Å². The number of nitrogens with one attached hydrogen (secondary N) is 2. The molecule has 5 heteroatoms. The maximum atomic E-state index is 12.4. The SMILES string of the molecule is CCNC1COCC1C(=O)NC(C)c1ccccc1OC. The molecular weight excluding hydrogens is 268 g/mol. The Morgan fingerprint density at radius 3 is 2.90 bits per heavy atom. The molecule has 1 aliphatic rings. The summed E-state index contributed by atoms with van der Waals surface area (Å²) in [6.07, 6.45) is 0. The molecule has 0 aliphatic carbocycles. The van der Waals surface area contributed by atoms with Crippen LogP contribution >= 0.6 is 0 Å². The predicted molar refractivity (Wildman–Crippen MR) is 81.3 cm³/mol. The molecule has 1 fully saturated rings. The van der Waals surface area contributed by atoms with Crippen molar-refractivity contribution in [3.63, 3.8) is 0 Å². The summed E-state index contributed by atoms with van der Waals surface area (Å²) in [6, 6.07) is 7.73. The van der Waals surface area contributed by atoms with Gasteiger partial charge in [0.15, 0.2) is 0 Å². The summed E-state index contributed by atoms with van der Waals surface area (Å²) in [5, 5.41) is 6.36. The maximum absolute atomic E-state index is 12.4. The van der Waals surface area contributed by atoms with Crippen LogP contribution in [0.2, 0.25) is 0 Å². The highest BCUT2D eigenvalue weighted by Crippen LogP contribution is 2.25. The Morgan fingerprint density at radius 1 is 1.43 bits per heavy atom. The number of benzene rings is 1. The molecule has 1 aromatic rings. The standard InChI is InChI=1S/C16H24N2O3/c1-4-17-14-10-21-9-13(14)16(19)18-11(2)12-7-5-6-8-15(12)20-3/h5-8,11,13-14,17H,4,9-10H2,1-3H3,(H,18,19). The van der Waals surface area contributed by atoms with Crippen LogP contribution < -0.4 is 15.4 Å². The van der Waals surface area contributed by atoms with Crippen LogP contribution in [-0.4, -0.2) is 38.8 Å². The number of amides is 1. The second kappa shape index (κ2) is 7.43. The zero-order chi connectivity index (χ0) is 15.2. The van der Waals surface area contributed by atoms with Crippen LogP contribution in [0.25, 0.3) is 0 Å². The highest BCUT2D eigenvalue weighted by atomic mass is 16.5. The van der Waals surface area contributed by atoms with Crippen LogP contribution in [0.15, 0.2) is 24.3 Å². The van der Waals surface area contributed by atoms with Crippen molar-refractivity contribution >= 4 is 5.91 Å². The quantitative estimate of drug-likeness (QED) is 0.834. The van der Waals surface area contributed by atoms with Gasteiger partial charge in [-0.15, -0.1) is 0 Å². The van der Waals surface area contributed by atoms with Gasteiger partial charge in [0.05, 0.1) is 32.3 Å². The molecular formula is C16H24N2O3. The fourth-order valence-electron chi connectivity index (χ4n) is 2.70. The van der Waals surface area contributed by atoms with E-state index in [4.69, 9.17) is 9.47 Å². The molecule has 21 heavy (non-hydrogen) atoms. The highest BCUT2D eigenvalue weighted by molar-refractivity contribution is 5.80. The third-order valence-electron chi connectivity index (χ3n) is 3.85. The molecule has 1 heterocycles. The van der Waals surface area contributed by atoms with Gasteiger partial charge >= 0.3 is 0 Å². The Morgan fingerprint density at radius 2 is 2.19 bits per heavy atom. The van der Waals surface area contributed by atoms with Gasteiger partial charge in [-0.1, -0.05) is 25.1 Å². The summed E-state index contributed by atoms with van der Waals surface area (Å²) in [7, 11) is 1.64. The van der Waals surface area contributed by atoms with Crippen molar-refractivity contribution in [3.05, 3.63) is 29.8 Å². The number of hydrogen-bond donors (Lipinski definition) is 2. The lowest BCUT2D eigenvalue weighted by Crippen LogP contribution is -2.44. The molecule has 116 valence electrons. The van der Waals surface area contributed by atoms with E-state index in [0.717, 1.165) is 17.9 Å². The van der Waals surface area contributed by atoms with Gasteiger partial charge in [-0.05, 0) is 19.5 Å². The zero-order valence-electron chi connectivity index (χ0n) is 12.9. The number of rotatable bonds is 6. The highest BCUT2D eigenvalue weighted by Gasteiger charge is 2.34. The van der Waals surface area contributed by atoms with Gasteiger partial charge in [-0.25, -0.2) is 0 Å². The Balaban J connectivity index is 2.01. The molecule has 0 aromatic heterocycles. The molecule has 1 aromatic carbocycles. The van der Waals surface area contributed by atoms with Crippen molar-refractivity contribution in [1.29, 1.82) is 0 Å². The van der Waals surface area contributed by atoms with Crippen molar-refractivity contribution in [2.24, 2.45) is 5.92 Å². The number of para-hydroxylation sites is 1. The number of methoxy groups -OCH3 is 1. The Labute approximate surface area is 126 Å². The minimum atomic E-state index is -0.137. The number of carbonyl (C=O) groups is 1. The van der Waals surface area contributed by atoms with Gasteiger partial charge < -0.3 is 20.1 Å². The van der Waals surface area contributed by atoms with Gasteiger partial charge in [-0.2, -0.15) is 0 Å². The topological polar surface area (TPSA) is 59.6 Å². The lowest BCUT2D eigenvalue weighted by atomic mass is 10.0. The largest absolute Gasteiger partial charge is 0.496 e. The predicted octanol–water partition coefficient (Wildman–Crippen LogP) is 1.50. The molecule has 0 radical (unpaired) electrons. The van der Waals surface area contributed by atoms with Gasteiger partial charge in [0.2, 0.25) is 5.91 Å². The first-order valence-corrected chi connectivity index (χ1v) is 7.41. The Kier molecular flexibility index (Phi) is 5.59. The monoisotopic (exact) mass is 292 g/mol. The van der Waals surface area contributed by atoms with E-state index in [1.165, 1.54) is 0 Å². The minimum Gasteiger partial charge on any atom is -0.496 e. The summed E-state index contributed by atoms with van der Waals surface area (Å²) in [5.74, 6) is 0.676. The van der Waals surface area contributed by atoms with Crippen molar-refractivity contribution < 1.29 is 14.3 Å². The Hall–Kier alpha value is -1.59. The second-order valence-electron chi connectivity index (χ2n) is 5.28. The zero-order valence-corrected chi connectivity index (χ0v) is 12.9. The van der Waals surface area contributed by atoms with Crippen LogP contribution in [0.5, 0.6) is 5.75 Å². The smallest absolute Gasteiger partial charge is 0.227 e. The molecule has 1 amide bonds. The minimum absolute atomic E-state index is 0.0249.